The molecule has 3 nitrogen and oxygen atoms in total. The second-order valence-corrected chi connectivity index (χ2v) is 4.47. The lowest BCUT2D eigenvalue weighted by Gasteiger charge is -2.13. The van der Waals surface area contributed by atoms with E-state index in [2.05, 4.69) is 10.8 Å². The molecule has 0 aromatic carbocycles. The minimum Gasteiger partial charge on any atom is -0.596 e. The van der Waals surface area contributed by atoms with Gasteiger partial charge in [0.1, 0.15) is 0 Å². The zero-order valence-corrected chi connectivity index (χ0v) is 8.61. The number of hydrogen-bond acceptors (Lipinski definition) is 3. The molecule has 1 rings (SSSR count). The second kappa shape index (κ2) is 6.43. The molecule has 1 aliphatic rings. The second-order valence-electron chi connectivity index (χ2n) is 3.23. The van der Waals surface area contributed by atoms with Gasteiger partial charge in [0.25, 0.3) is 0 Å². The maximum atomic E-state index is 10.8. The van der Waals surface area contributed by atoms with Gasteiger partial charge in [0.2, 0.25) is 5.94 Å². The highest BCUT2D eigenvalue weighted by atomic mass is 32.2. The Morgan fingerprint density at radius 2 is 2.38 bits per heavy atom. The molecular weight excluding hydrogens is 186 g/mol. The van der Waals surface area contributed by atoms with Crippen LogP contribution in [0.2, 0.25) is 0 Å². The summed E-state index contributed by atoms with van der Waals surface area (Å²) in [5.41, 5.74) is 1.47. The first kappa shape index (κ1) is 11.0. The average molecular weight is 203 g/mol. The van der Waals surface area contributed by atoms with E-state index in [-0.39, 0.29) is 5.94 Å². The van der Waals surface area contributed by atoms with Gasteiger partial charge in [0.15, 0.2) is 0 Å². The molecule has 13 heavy (non-hydrogen) atoms. The van der Waals surface area contributed by atoms with Gasteiger partial charge < -0.3 is 9.66 Å². The molecule has 4 heteroatoms. The molecule has 2 N–H and O–H groups in total. The molecule has 1 atom stereocenters. The summed E-state index contributed by atoms with van der Waals surface area (Å²) in [6.07, 6.45) is 8.22. The third-order valence-corrected chi connectivity index (χ3v) is 2.97. The van der Waals surface area contributed by atoms with E-state index in [4.69, 9.17) is 5.11 Å². The molecule has 0 amide bonds. The van der Waals surface area contributed by atoms with E-state index in [1.807, 2.05) is 0 Å². The molecule has 0 radical (unpaired) electrons. The highest BCUT2D eigenvalue weighted by Crippen LogP contribution is 2.19. The Kier molecular flexibility index (Phi) is 5.46. The Morgan fingerprint density at radius 1 is 1.54 bits per heavy atom. The van der Waals surface area contributed by atoms with Crippen molar-refractivity contribution in [3.8, 4) is 0 Å². The molecule has 1 aliphatic carbocycles. The summed E-state index contributed by atoms with van der Waals surface area (Å²) in [5.74, 6) is -0.293. The van der Waals surface area contributed by atoms with E-state index < -0.39 is 11.4 Å². The van der Waals surface area contributed by atoms with Crippen molar-refractivity contribution in [2.75, 3.05) is 12.5 Å². The Hall–Kier alpha value is -0.0300. The van der Waals surface area contributed by atoms with Gasteiger partial charge in [0.05, 0.1) is 11.4 Å². The van der Waals surface area contributed by atoms with Gasteiger partial charge in [-0.2, -0.15) is 0 Å². The third kappa shape index (κ3) is 4.67. The van der Waals surface area contributed by atoms with Crippen molar-refractivity contribution in [2.45, 2.75) is 32.1 Å². The fourth-order valence-corrected chi connectivity index (χ4v) is 1.92. The lowest BCUT2D eigenvalue weighted by molar-refractivity contribution is 0.356. The summed E-state index contributed by atoms with van der Waals surface area (Å²) in [5, 5.41) is 8.49. The third-order valence-electron chi connectivity index (χ3n) is 2.21. The van der Waals surface area contributed by atoms with E-state index in [0.29, 0.717) is 6.54 Å². The Labute approximate surface area is 82.5 Å². The predicted molar refractivity (Wildman–Crippen MR) is 54.4 cm³/mol. The summed E-state index contributed by atoms with van der Waals surface area (Å²) < 4.78 is 13.5. The largest absolute Gasteiger partial charge is 0.596 e. The first-order valence-electron chi connectivity index (χ1n) is 4.73. The van der Waals surface area contributed by atoms with Gasteiger partial charge in [-0.1, -0.05) is 11.6 Å². The summed E-state index contributed by atoms with van der Waals surface area (Å²) in [6.45, 7) is 0.707. The van der Waals surface area contributed by atoms with Gasteiger partial charge >= 0.3 is 0 Å². The lowest BCUT2D eigenvalue weighted by Crippen LogP contribution is -2.27. The van der Waals surface area contributed by atoms with Crippen molar-refractivity contribution < 1.29 is 9.66 Å². The molecule has 1 unspecified atom stereocenters. The maximum absolute atomic E-state index is 10.8. The first-order chi connectivity index (χ1) is 6.33. The molecule has 0 bridgehead atoms. The molecule has 0 heterocycles. The standard InChI is InChI=1S/C9H17NO2S/c11-8-13(12)10-7-6-9-4-2-1-3-5-9/h4,10-11H,1-3,5-8H2. The molecule has 0 aliphatic heterocycles. The SMILES string of the molecule is [O-][S+](CO)NCCC1=CCCCC1. The monoisotopic (exact) mass is 203 g/mol. The Bertz CT molecular complexity index is 173. The number of allylic oxidation sites excluding steroid dienone is 1. The average Bonchev–Trinajstić information content (AvgIpc) is 2.19. The van der Waals surface area contributed by atoms with Gasteiger partial charge in [-0.05, 0) is 32.1 Å². The van der Waals surface area contributed by atoms with E-state index in [9.17, 15) is 4.55 Å². The van der Waals surface area contributed by atoms with Crippen molar-refractivity contribution in [2.24, 2.45) is 0 Å². The van der Waals surface area contributed by atoms with Gasteiger partial charge in [-0.25, -0.2) is 0 Å². The van der Waals surface area contributed by atoms with Crippen molar-refractivity contribution >= 4 is 11.4 Å². The van der Waals surface area contributed by atoms with E-state index >= 15 is 0 Å². The van der Waals surface area contributed by atoms with Crippen molar-refractivity contribution in [3.05, 3.63) is 11.6 Å². The van der Waals surface area contributed by atoms with E-state index in [1.54, 1.807) is 0 Å². The number of rotatable bonds is 5. The molecule has 0 saturated heterocycles. The first-order valence-corrected chi connectivity index (χ1v) is 6.05. The Morgan fingerprint density at radius 3 is 3.00 bits per heavy atom. The van der Waals surface area contributed by atoms with Crippen LogP contribution in [0.15, 0.2) is 11.6 Å². The zero-order valence-electron chi connectivity index (χ0n) is 7.79. The van der Waals surface area contributed by atoms with Crippen molar-refractivity contribution in [1.29, 1.82) is 0 Å². The van der Waals surface area contributed by atoms with Crippen LogP contribution in [0.1, 0.15) is 32.1 Å². The summed E-state index contributed by atoms with van der Waals surface area (Å²) >= 11 is -1.25. The van der Waals surface area contributed by atoms with Crippen LogP contribution in [0.25, 0.3) is 0 Å². The lowest BCUT2D eigenvalue weighted by atomic mass is 9.97. The number of aliphatic hydroxyl groups is 1. The fourth-order valence-electron chi connectivity index (χ4n) is 1.50. The minimum atomic E-state index is -1.25. The molecule has 0 fully saturated rings. The summed E-state index contributed by atoms with van der Waals surface area (Å²) in [6, 6.07) is 0. The van der Waals surface area contributed by atoms with Crippen molar-refractivity contribution in [3.63, 3.8) is 0 Å². The predicted octanol–water partition coefficient (Wildman–Crippen LogP) is 1.08. The smallest absolute Gasteiger partial charge is 0.222 e. The van der Waals surface area contributed by atoms with Crippen LogP contribution in [0.5, 0.6) is 0 Å². The van der Waals surface area contributed by atoms with Crippen LogP contribution in [-0.2, 0) is 11.4 Å². The highest BCUT2D eigenvalue weighted by molar-refractivity contribution is 7.89. The number of nitrogens with one attached hydrogen (secondary N) is 1. The zero-order chi connectivity index (χ0) is 9.52. The van der Waals surface area contributed by atoms with Crippen LogP contribution in [0.3, 0.4) is 0 Å². The quantitative estimate of drug-likeness (QED) is 0.519. The van der Waals surface area contributed by atoms with Gasteiger partial charge in [0, 0.05) is 6.54 Å². The molecular formula is C9H17NO2S. The molecule has 76 valence electrons. The maximum Gasteiger partial charge on any atom is 0.222 e. The van der Waals surface area contributed by atoms with Crippen LogP contribution in [0, 0.1) is 0 Å². The molecule has 0 aromatic heterocycles. The van der Waals surface area contributed by atoms with Crippen LogP contribution in [-0.4, -0.2) is 22.1 Å². The van der Waals surface area contributed by atoms with Gasteiger partial charge in [-0.15, -0.1) is 4.72 Å². The normalized spacial score (nSPS) is 19.7. The van der Waals surface area contributed by atoms with E-state index in [1.165, 1.54) is 31.3 Å². The molecule has 0 saturated carbocycles. The number of hydrogen-bond donors (Lipinski definition) is 2. The molecule has 0 aromatic rings. The summed E-state index contributed by atoms with van der Waals surface area (Å²) in [4.78, 5) is 0. The minimum absolute atomic E-state index is 0.293. The summed E-state index contributed by atoms with van der Waals surface area (Å²) in [7, 11) is 0. The van der Waals surface area contributed by atoms with Gasteiger partial charge in [-0.3, -0.25) is 0 Å². The highest BCUT2D eigenvalue weighted by Gasteiger charge is 2.06. The Balaban J connectivity index is 2.08. The topological polar surface area (TPSA) is 55.3 Å². The number of aliphatic hydroxyl groups excluding tert-OH is 1. The van der Waals surface area contributed by atoms with E-state index in [0.717, 1.165) is 6.42 Å². The fraction of sp³-hybridized carbons (Fsp3) is 0.778. The van der Waals surface area contributed by atoms with Crippen LogP contribution < -0.4 is 4.72 Å². The van der Waals surface area contributed by atoms with Crippen molar-refractivity contribution in [1.82, 2.24) is 4.72 Å². The van der Waals surface area contributed by atoms with Crippen LogP contribution >= 0.6 is 0 Å². The molecule has 0 spiro atoms. The van der Waals surface area contributed by atoms with Crippen LogP contribution in [0.4, 0.5) is 0 Å².